The molecule has 11 nitrogen and oxygen atoms in total. The number of nitro benzene ring substituents is 1. The fourth-order valence-corrected chi connectivity index (χ4v) is 7.31. The van der Waals surface area contributed by atoms with E-state index in [4.69, 9.17) is 0 Å². The molecule has 0 amide bonds. The Morgan fingerprint density at radius 3 is 2.06 bits per heavy atom. The molecule has 1 fully saturated rings. The Labute approximate surface area is 181 Å². The summed E-state index contributed by atoms with van der Waals surface area (Å²) in [5.74, 6) is 0. The van der Waals surface area contributed by atoms with Crippen molar-refractivity contribution in [2.75, 3.05) is 26.2 Å². The van der Waals surface area contributed by atoms with Gasteiger partial charge in [-0.05, 0) is 32.8 Å². The van der Waals surface area contributed by atoms with Crippen LogP contribution in [0.2, 0.25) is 0 Å². The SMILES string of the molecule is Cc1ccc([N+](=O)[O-])cc1S(=O)(=O)N1CCCN(S(=O)(=O)c2c(C)nn(C)c2C)CC1. The van der Waals surface area contributed by atoms with E-state index in [2.05, 4.69) is 5.10 Å². The maximum Gasteiger partial charge on any atom is 0.270 e. The van der Waals surface area contributed by atoms with Gasteiger partial charge < -0.3 is 0 Å². The number of non-ortho nitro benzene ring substituents is 1. The first-order valence-electron chi connectivity index (χ1n) is 9.63. The second kappa shape index (κ2) is 8.30. The highest BCUT2D eigenvalue weighted by atomic mass is 32.2. The lowest BCUT2D eigenvalue weighted by Crippen LogP contribution is -2.37. The zero-order valence-electron chi connectivity index (χ0n) is 17.8. The second-order valence-corrected chi connectivity index (χ2v) is 11.3. The van der Waals surface area contributed by atoms with Crippen molar-refractivity contribution in [1.29, 1.82) is 0 Å². The van der Waals surface area contributed by atoms with Gasteiger partial charge in [-0.25, -0.2) is 16.8 Å². The summed E-state index contributed by atoms with van der Waals surface area (Å²) in [6, 6.07) is 3.70. The van der Waals surface area contributed by atoms with Gasteiger partial charge in [0, 0.05) is 45.4 Å². The van der Waals surface area contributed by atoms with Gasteiger partial charge in [-0.1, -0.05) is 6.07 Å². The van der Waals surface area contributed by atoms with Crippen LogP contribution in [0.25, 0.3) is 0 Å². The summed E-state index contributed by atoms with van der Waals surface area (Å²) >= 11 is 0. The smallest absolute Gasteiger partial charge is 0.270 e. The fraction of sp³-hybridized carbons (Fsp3) is 0.500. The standard InChI is InChI=1S/C18H25N5O6S2/c1-13-6-7-16(23(24)25)12-17(13)30(26,27)21-8-5-9-22(11-10-21)31(28,29)18-14(2)19-20(4)15(18)3/h6-7,12H,5,8-11H2,1-4H3. The van der Waals surface area contributed by atoms with E-state index in [0.29, 0.717) is 23.4 Å². The maximum atomic E-state index is 13.2. The summed E-state index contributed by atoms with van der Waals surface area (Å²) in [6.45, 7) is 5.06. The predicted molar refractivity (Wildman–Crippen MR) is 113 cm³/mol. The first-order valence-corrected chi connectivity index (χ1v) is 12.5. The molecule has 170 valence electrons. The molecule has 2 aromatic rings. The second-order valence-electron chi connectivity index (χ2n) is 7.49. The molecule has 0 radical (unpaired) electrons. The van der Waals surface area contributed by atoms with Crippen molar-refractivity contribution in [3.63, 3.8) is 0 Å². The Kier molecular flexibility index (Phi) is 6.24. The van der Waals surface area contributed by atoms with Crippen LogP contribution in [0.1, 0.15) is 23.4 Å². The number of hydrogen-bond donors (Lipinski definition) is 0. The normalized spacial score (nSPS) is 16.9. The van der Waals surface area contributed by atoms with Gasteiger partial charge in [0.1, 0.15) is 4.90 Å². The number of nitrogens with zero attached hydrogens (tertiary/aromatic N) is 5. The van der Waals surface area contributed by atoms with Gasteiger partial charge in [0.2, 0.25) is 20.0 Å². The van der Waals surface area contributed by atoms with Gasteiger partial charge in [0.15, 0.2) is 0 Å². The molecule has 1 aliphatic rings. The molecule has 1 aromatic heterocycles. The fourth-order valence-electron chi connectivity index (χ4n) is 3.73. The van der Waals surface area contributed by atoms with Crippen LogP contribution < -0.4 is 0 Å². The number of rotatable bonds is 5. The van der Waals surface area contributed by atoms with Gasteiger partial charge in [0.25, 0.3) is 5.69 Å². The third-order valence-electron chi connectivity index (χ3n) is 5.45. The van der Waals surface area contributed by atoms with E-state index in [1.165, 1.54) is 25.4 Å². The van der Waals surface area contributed by atoms with Crippen LogP contribution in [-0.4, -0.2) is 66.3 Å². The molecule has 2 heterocycles. The number of hydrogen-bond acceptors (Lipinski definition) is 7. The molecular formula is C18H25N5O6S2. The molecule has 3 rings (SSSR count). The Bertz CT molecular complexity index is 1240. The molecule has 13 heteroatoms. The third kappa shape index (κ3) is 4.22. The molecule has 0 N–H and O–H groups in total. The molecule has 0 spiro atoms. The summed E-state index contributed by atoms with van der Waals surface area (Å²) in [5, 5.41) is 15.3. The average molecular weight is 472 g/mol. The summed E-state index contributed by atoms with van der Waals surface area (Å²) in [7, 11) is -6.21. The molecule has 0 saturated carbocycles. The van der Waals surface area contributed by atoms with Crippen molar-refractivity contribution in [3.8, 4) is 0 Å². The van der Waals surface area contributed by atoms with Crippen LogP contribution in [-0.2, 0) is 27.1 Å². The molecule has 1 aliphatic heterocycles. The van der Waals surface area contributed by atoms with E-state index < -0.39 is 25.0 Å². The molecule has 0 bridgehead atoms. The first-order chi connectivity index (χ1) is 14.4. The van der Waals surface area contributed by atoms with Crippen molar-refractivity contribution in [2.45, 2.75) is 37.0 Å². The molecule has 1 saturated heterocycles. The van der Waals surface area contributed by atoms with E-state index in [0.717, 1.165) is 6.07 Å². The number of nitro groups is 1. The minimum Gasteiger partial charge on any atom is -0.271 e. The van der Waals surface area contributed by atoms with Crippen LogP contribution in [0.3, 0.4) is 0 Å². The van der Waals surface area contributed by atoms with Gasteiger partial charge in [-0.2, -0.15) is 13.7 Å². The Balaban J connectivity index is 1.89. The van der Waals surface area contributed by atoms with Crippen LogP contribution in [0.15, 0.2) is 28.0 Å². The Morgan fingerprint density at radius 2 is 1.55 bits per heavy atom. The summed E-state index contributed by atoms with van der Waals surface area (Å²) in [5.41, 5.74) is 0.978. The monoisotopic (exact) mass is 471 g/mol. The van der Waals surface area contributed by atoms with E-state index >= 15 is 0 Å². The summed E-state index contributed by atoms with van der Waals surface area (Å²) in [4.78, 5) is 10.4. The summed E-state index contributed by atoms with van der Waals surface area (Å²) < 4.78 is 56.8. The maximum absolute atomic E-state index is 13.2. The first kappa shape index (κ1) is 23.3. The zero-order chi connectivity index (χ0) is 23.1. The number of sulfonamides is 2. The van der Waals surface area contributed by atoms with Crippen LogP contribution in [0.4, 0.5) is 5.69 Å². The third-order valence-corrected chi connectivity index (χ3v) is 9.65. The molecule has 31 heavy (non-hydrogen) atoms. The lowest BCUT2D eigenvalue weighted by Gasteiger charge is -2.22. The van der Waals surface area contributed by atoms with Gasteiger partial charge in [0.05, 0.1) is 21.2 Å². The molecule has 0 atom stereocenters. The van der Waals surface area contributed by atoms with Gasteiger partial charge in [-0.15, -0.1) is 0 Å². The van der Waals surface area contributed by atoms with E-state index in [1.807, 2.05) is 0 Å². The van der Waals surface area contributed by atoms with Crippen LogP contribution in [0.5, 0.6) is 0 Å². The van der Waals surface area contributed by atoms with Crippen molar-refractivity contribution in [2.24, 2.45) is 7.05 Å². The van der Waals surface area contributed by atoms with Gasteiger partial charge >= 0.3 is 0 Å². The van der Waals surface area contributed by atoms with Crippen molar-refractivity contribution >= 4 is 25.7 Å². The summed E-state index contributed by atoms with van der Waals surface area (Å²) in [6.07, 6.45) is 0.296. The topological polar surface area (TPSA) is 136 Å². The highest BCUT2D eigenvalue weighted by Crippen LogP contribution is 2.28. The highest BCUT2D eigenvalue weighted by Gasteiger charge is 2.35. The highest BCUT2D eigenvalue weighted by molar-refractivity contribution is 7.89. The predicted octanol–water partition coefficient (Wildman–Crippen LogP) is 1.34. The Hall–Kier alpha value is -2.35. The van der Waals surface area contributed by atoms with E-state index in [9.17, 15) is 26.9 Å². The number of aromatic nitrogens is 2. The quantitative estimate of drug-likeness (QED) is 0.474. The Morgan fingerprint density at radius 1 is 0.968 bits per heavy atom. The van der Waals surface area contributed by atoms with Crippen molar-refractivity contribution in [3.05, 3.63) is 45.3 Å². The minimum absolute atomic E-state index is 0.0245. The molecule has 0 unspecified atom stereocenters. The van der Waals surface area contributed by atoms with Crippen LogP contribution in [0, 0.1) is 30.9 Å². The largest absolute Gasteiger partial charge is 0.271 e. The average Bonchev–Trinajstić information content (AvgIpc) is 2.86. The van der Waals surface area contributed by atoms with E-state index in [1.54, 1.807) is 27.8 Å². The molecular weight excluding hydrogens is 446 g/mol. The zero-order valence-corrected chi connectivity index (χ0v) is 19.4. The lowest BCUT2D eigenvalue weighted by atomic mass is 10.2. The van der Waals surface area contributed by atoms with Crippen molar-refractivity contribution < 1.29 is 21.8 Å². The number of aryl methyl sites for hydroxylation is 3. The molecule has 0 aliphatic carbocycles. The van der Waals surface area contributed by atoms with Gasteiger partial charge in [-0.3, -0.25) is 14.8 Å². The number of benzene rings is 1. The molecule has 1 aromatic carbocycles. The van der Waals surface area contributed by atoms with Crippen LogP contribution >= 0.6 is 0 Å². The minimum atomic E-state index is -4.03. The lowest BCUT2D eigenvalue weighted by molar-refractivity contribution is -0.385. The van der Waals surface area contributed by atoms with Crippen molar-refractivity contribution in [1.82, 2.24) is 18.4 Å². The van der Waals surface area contributed by atoms with E-state index in [-0.39, 0.29) is 41.7 Å².